The smallest absolute Gasteiger partial charge is 0.165 e. The van der Waals surface area contributed by atoms with Gasteiger partial charge in [0.25, 0.3) is 0 Å². The molecule has 2 aliphatic rings. The first kappa shape index (κ1) is 24.4. The van der Waals surface area contributed by atoms with Crippen molar-refractivity contribution in [2.75, 3.05) is 32.2 Å². The minimum atomic E-state index is -0.328. The number of fused-ring (bicyclic) bond motifs is 1. The maximum atomic E-state index is 14.8. The molecule has 0 radical (unpaired) electrons. The number of nitrogens with one attached hydrogen (secondary N) is 1. The van der Waals surface area contributed by atoms with Crippen molar-refractivity contribution in [1.82, 2.24) is 5.32 Å². The van der Waals surface area contributed by atoms with Crippen LogP contribution in [-0.2, 0) is 19.4 Å². The van der Waals surface area contributed by atoms with Gasteiger partial charge in [-0.2, -0.15) is 0 Å². The van der Waals surface area contributed by atoms with Gasteiger partial charge >= 0.3 is 0 Å². The van der Waals surface area contributed by atoms with E-state index >= 15 is 0 Å². The molecule has 36 heavy (non-hydrogen) atoms. The minimum absolute atomic E-state index is 0.299. The van der Waals surface area contributed by atoms with Crippen molar-refractivity contribution in [1.29, 1.82) is 0 Å². The summed E-state index contributed by atoms with van der Waals surface area (Å²) in [7, 11) is 3.72. The SMILES string of the molecule is COc1ccc(C2CCc3cc(O)ccc3C2)c(N(C)Cc2ccc(OCCNC3CC3)c(F)c2)c1. The molecule has 3 aromatic carbocycles. The van der Waals surface area contributed by atoms with Crippen molar-refractivity contribution < 1.29 is 19.0 Å². The average molecular weight is 491 g/mol. The number of benzene rings is 3. The van der Waals surface area contributed by atoms with E-state index in [4.69, 9.17) is 9.47 Å². The summed E-state index contributed by atoms with van der Waals surface area (Å²) in [5.74, 6) is 1.47. The number of hydrogen-bond donors (Lipinski definition) is 2. The Labute approximate surface area is 212 Å². The number of nitrogens with zero attached hydrogens (tertiary/aromatic N) is 1. The van der Waals surface area contributed by atoms with Gasteiger partial charge < -0.3 is 24.8 Å². The molecule has 5 nitrogen and oxygen atoms in total. The van der Waals surface area contributed by atoms with Crippen molar-refractivity contribution >= 4 is 5.69 Å². The molecular formula is C30H35FN2O3. The van der Waals surface area contributed by atoms with Crippen molar-refractivity contribution in [3.8, 4) is 17.2 Å². The lowest BCUT2D eigenvalue weighted by Crippen LogP contribution is -2.23. The van der Waals surface area contributed by atoms with E-state index in [0.29, 0.717) is 36.6 Å². The van der Waals surface area contributed by atoms with Crippen molar-refractivity contribution in [3.63, 3.8) is 0 Å². The molecule has 5 rings (SSSR count). The van der Waals surface area contributed by atoms with Gasteiger partial charge in [0.15, 0.2) is 11.6 Å². The van der Waals surface area contributed by atoms with Crippen LogP contribution in [-0.4, -0.2) is 38.5 Å². The molecule has 1 saturated carbocycles. The topological polar surface area (TPSA) is 54.0 Å². The highest BCUT2D eigenvalue weighted by Crippen LogP contribution is 2.40. The summed E-state index contributed by atoms with van der Waals surface area (Å²) in [6.07, 6.45) is 5.33. The normalized spacial score (nSPS) is 16.9. The fourth-order valence-electron chi connectivity index (χ4n) is 5.16. The highest BCUT2D eigenvalue weighted by molar-refractivity contribution is 5.59. The average Bonchev–Trinajstić information content (AvgIpc) is 3.71. The number of anilines is 1. The lowest BCUT2D eigenvalue weighted by atomic mass is 9.79. The largest absolute Gasteiger partial charge is 0.508 e. The van der Waals surface area contributed by atoms with E-state index in [-0.39, 0.29) is 5.82 Å². The van der Waals surface area contributed by atoms with Crippen LogP contribution in [0.25, 0.3) is 0 Å². The fourth-order valence-corrected chi connectivity index (χ4v) is 5.16. The zero-order chi connectivity index (χ0) is 25.1. The van der Waals surface area contributed by atoms with E-state index < -0.39 is 0 Å². The Morgan fingerprint density at radius 3 is 2.67 bits per heavy atom. The van der Waals surface area contributed by atoms with Gasteiger partial charge in [0.1, 0.15) is 18.1 Å². The molecule has 0 saturated heterocycles. The molecule has 0 aliphatic heterocycles. The highest BCUT2D eigenvalue weighted by atomic mass is 19.1. The molecule has 0 aromatic heterocycles. The summed E-state index contributed by atoms with van der Waals surface area (Å²) in [6, 6.07) is 17.8. The maximum Gasteiger partial charge on any atom is 0.165 e. The molecular weight excluding hydrogens is 455 g/mol. The van der Waals surface area contributed by atoms with Gasteiger partial charge in [-0.05, 0) is 90.6 Å². The molecule has 0 heterocycles. The quantitative estimate of drug-likeness (QED) is 0.364. The predicted molar refractivity (Wildman–Crippen MR) is 141 cm³/mol. The summed E-state index contributed by atoms with van der Waals surface area (Å²) in [4.78, 5) is 2.17. The Hall–Kier alpha value is -3.25. The zero-order valence-corrected chi connectivity index (χ0v) is 21.1. The van der Waals surface area contributed by atoms with Gasteiger partial charge in [-0.15, -0.1) is 0 Å². The number of aromatic hydroxyl groups is 1. The van der Waals surface area contributed by atoms with Crippen LogP contribution >= 0.6 is 0 Å². The second-order valence-electron chi connectivity index (χ2n) is 10.0. The first-order valence-electron chi connectivity index (χ1n) is 12.8. The molecule has 2 aliphatic carbocycles. The number of aryl methyl sites for hydroxylation is 1. The molecule has 3 aromatic rings. The summed E-state index contributed by atoms with van der Waals surface area (Å²) < 4.78 is 25.9. The molecule has 190 valence electrons. The Kier molecular flexibility index (Phi) is 7.33. The van der Waals surface area contributed by atoms with Crippen molar-refractivity contribution in [2.45, 2.75) is 50.6 Å². The lowest BCUT2D eigenvalue weighted by Gasteiger charge is -2.30. The van der Waals surface area contributed by atoms with E-state index in [0.717, 1.165) is 42.8 Å². The monoisotopic (exact) mass is 490 g/mol. The summed E-state index contributed by atoms with van der Waals surface area (Å²) >= 11 is 0. The number of ether oxygens (including phenoxy) is 2. The number of halogens is 1. The van der Waals surface area contributed by atoms with Crippen LogP contribution < -0.4 is 19.7 Å². The first-order valence-corrected chi connectivity index (χ1v) is 12.8. The molecule has 0 amide bonds. The maximum absolute atomic E-state index is 14.8. The van der Waals surface area contributed by atoms with Crippen molar-refractivity contribution in [3.05, 3.63) is 82.7 Å². The van der Waals surface area contributed by atoms with E-state index in [1.54, 1.807) is 25.3 Å². The number of rotatable bonds is 10. The molecule has 1 fully saturated rings. The summed E-state index contributed by atoms with van der Waals surface area (Å²) in [5.41, 5.74) is 5.76. The molecule has 0 bridgehead atoms. The van der Waals surface area contributed by atoms with Crippen LogP contribution in [0.2, 0.25) is 0 Å². The number of phenolic OH excluding ortho intramolecular Hbond substituents is 1. The van der Waals surface area contributed by atoms with Gasteiger partial charge in [0.2, 0.25) is 0 Å². The summed E-state index contributed by atoms with van der Waals surface area (Å²) in [5, 5.41) is 13.2. The third kappa shape index (κ3) is 5.76. The van der Waals surface area contributed by atoms with Crippen LogP contribution in [0, 0.1) is 5.82 Å². The second-order valence-corrected chi connectivity index (χ2v) is 10.0. The first-order chi connectivity index (χ1) is 17.5. The Bertz CT molecular complexity index is 1210. The number of hydrogen-bond acceptors (Lipinski definition) is 5. The molecule has 6 heteroatoms. The molecule has 1 unspecified atom stereocenters. The van der Waals surface area contributed by atoms with E-state index in [2.05, 4.69) is 22.3 Å². The predicted octanol–water partition coefficient (Wildman–Crippen LogP) is 5.58. The standard InChI is InChI=1S/C30H35FN2O3/c1-33(19-20-3-12-30(28(31)15-20)36-14-13-32-24-7-8-24)29-18-26(35-2)10-11-27(29)23-5-4-22-17-25(34)9-6-21(22)16-23/h3,6,9-12,15,17-18,23-24,32,34H,4-5,7-8,13-14,16,19H2,1-2H3. The third-order valence-corrected chi connectivity index (χ3v) is 7.29. The van der Waals surface area contributed by atoms with E-state index in [9.17, 15) is 9.50 Å². The van der Waals surface area contributed by atoms with Crippen LogP contribution in [0.5, 0.6) is 17.2 Å². The zero-order valence-electron chi connectivity index (χ0n) is 21.1. The lowest BCUT2D eigenvalue weighted by molar-refractivity contribution is 0.298. The van der Waals surface area contributed by atoms with Gasteiger partial charge in [-0.3, -0.25) is 0 Å². The molecule has 1 atom stereocenters. The fraction of sp³-hybridized carbons (Fsp3) is 0.400. The third-order valence-electron chi connectivity index (χ3n) is 7.29. The Balaban J connectivity index is 1.30. The Morgan fingerprint density at radius 2 is 1.89 bits per heavy atom. The number of phenols is 1. The molecule has 2 N–H and O–H groups in total. The van der Waals surface area contributed by atoms with E-state index in [1.165, 1.54) is 29.5 Å². The Morgan fingerprint density at radius 1 is 1.03 bits per heavy atom. The minimum Gasteiger partial charge on any atom is -0.508 e. The van der Waals surface area contributed by atoms with E-state index in [1.807, 2.05) is 31.3 Å². The van der Waals surface area contributed by atoms with Gasteiger partial charge in [0, 0.05) is 37.9 Å². The summed E-state index contributed by atoms with van der Waals surface area (Å²) in [6.45, 7) is 1.77. The number of methoxy groups -OCH3 is 1. The van der Waals surface area contributed by atoms with Crippen LogP contribution in [0.3, 0.4) is 0 Å². The van der Waals surface area contributed by atoms with Crippen LogP contribution in [0.15, 0.2) is 54.6 Å². The van der Waals surface area contributed by atoms with Crippen molar-refractivity contribution in [2.24, 2.45) is 0 Å². The van der Waals surface area contributed by atoms with Gasteiger partial charge in [-0.1, -0.05) is 18.2 Å². The second kappa shape index (κ2) is 10.8. The van der Waals surface area contributed by atoms with Gasteiger partial charge in [-0.25, -0.2) is 4.39 Å². The highest BCUT2D eigenvalue weighted by Gasteiger charge is 2.24. The van der Waals surface area contributed by atoms with Gasteiger partial charge in [0.05, 0.1) is 7.11 Å². The van der Waals surface area contributed by atoms with Crippen LogP contribution in [0.4, 0.5) is 10.1 Å². The van der Waals surface area contributed by atoms with Crippen LogP contribution in [0.1, 0.15) is 47.4 Å². The molecule has 0 spiro atoms.